The molecule has 1 aromatic heterocycles. The van der Waals surface area contributed by atoms with Crippen LogP contribution in [0.1, 0.15) is 49.2 Å². The monoisotopic (exact) mass is 513 g/mol. The average Bonchev–Trinajstić information content (AvgIpc) is 3.41. The maximum Gasteiger partial charge on any atom is 0.191 e. The Hall–Kier alpha value is -1.64. The molecule has 7 heteroatoms. The molecule has 2 N–H and O–H groups in total. The maximum absolute atomic E-state index is 13.2. The Morgan fingerprint density at radius 3 is 2.45 bits per heavy atom. The molecule has 1 aliphatic rings. The smallest absolute Gasteiger partial charge is 0.191 e. The fourth-order valence-electron chi connectivity index (χ4n) is 3.75. The summed E-state index contributed by atoms with van der Waals surface area (Å²) in [5.41, 5.74) is 4.84. The molecule has 0 radical (unpaired) electrons. The number of nitrogens with zero attached hydrogens (tertiary/aromatic N) is 3. The largest absolute Gasteiger partial charge is 0.357 e. The molecule has 1 heterocycles. The first kappa shape index (κ1) is 23.6. The van der Waals surface area contributed by atoms with E-state index in [1.807, 2.05) is 23.9 Å². The highest BCUT2D eigenvalue weighted by Gasteiger charge is 2.44. The standard InChI is InChI=1S/C22H32FN5.HI/c1-6-24-21(26-15(2)13-20-16(3)27-28(5)17(20)4)25-14-22(11-12-22)18-7-9-19(23)10-8-18;/h7-10,15H,6,11-14H2,1-5H3,(H2,24,25,26);1H. The summed E-state index contributed by atoms with van der Waals surface area (Å²) in [5, 5.41) is 11.4. The van der Waals surface area contributed by atoms with Crippen molar-refractivity contribution in [1.29, 1.82) is 0 Å². The minimum atomic E-state index is -0.187. The van der Waals surface area contributed by atoms with E-state index in [0.29, 0.717) is 6.54 Å². The van der Waals surface area contributed by atoms with Crippen LogP contribution in [0, 0.1) is 19.7 Å². The van der Waals surface area contributed by atoms with Gasteiger partial charge in [0.25, 0.3) is 0 Å². The second-order valence-corrected chi connectivity index (χ2v) is 8.00. The highest BCUT2D eigenvalue weighted by Crippen LogP contribution is 2.48. The zero-order valence-corrected chi connectivity index (χ0v) is 20.4. The van der Waals surface area contributed by atoms with Gasteiger partial charge in [-0.2, -0.15) is 5.10 Å². The topological polar surface area (TPSA) is 54.2 Å². The van der Waals surface area contributed by atoms with Crippen molar-refractivity contribution in [2.24, 2.45) is 12.0 Å². The van der Waals surface area contributed by atoms with E-state index in [-0.39, 0.29) is 41.3 Å². The summed E-state index contributed by atoms with van der Waals surface area (Å²) < 4.78 is 15.2. The normalized spacial score (nSPS) is 16.1. The fourth-order valence-corrected chi connectivity index (χ4v) is 3.75. The van der Waals surface area contributed by atoms with Gasteiger partial charge in [-0.1, -0.05) is 12.1 Å². The van der Waals surface area contributed by atoms with Gasteiger partial charge >= 0.3 is 0 Å². The number of aliphatic imine (C=N–C) groups is 1. The van der Waals surface area contributed by atoms with E-state index in [2.05, 4.69) is 43.4 Å². The Morgan fingerprint density at radius 2 is 1.93 bits per heavy atom. The molecule has 1 saturated carbocycles. The van der Waals surface area contributed by atoms with Gasteiger partial charge < -0.3 is 10.6 Å². The molecular formula is C22H33FIN5. The van der Waals surface area contributed by atoms with Crippen molar-refractivity contribution in [3.63, 3.8) is 0 Å². The van der Waals surface area contributed by atoms with Crippen LogP contribution in [-0.2, 0) is 18.9 Å². The van der Waals surface area contributed by atoms with Crippen LogP contribution in [0.5, 0.6) is 0 Å². The van der Waals surface area contributed by atoms with Gasteiger partial charge in [-0.05, 0) is 70.2 Å². The van der Waals surface area contributed by atoms with Crippen LogP contribution in [0.25, 0.3) is 0 Å². The lowest BCUT2D eigenvalue weighted by atomic mass is 9.96. The zero-order chi connectivity index (χ0) is 20.3. The molecule has 29 heavy (non-hydrogen) atoms. The molecule has 1 atom stereocenters. The Morgan fingerprint density at radius 1 is 1.28 bits per heavy atom. The molecule has 0 spiro atoms. The van der Waals surface area contributed by atoms with Crippen molar-refractivity contribution in [2.45, 2.75) is 58.4 Å². The van der Waals surface area contributed by atoms with E-state index in [0.717, 1.165) is 37.5 Å². The van der Waals surface area contributed by atoms with Crippen molar-refractivity contribution < 1.29 is 4.39 Å². The van der Waals surface area contributed by atoms with E-state index in [4.69, 9.17) is 4.99 Å². The minimum Gasteiger partial charge on any atom is -0.357 e. The number of halogens is 2. The van der Waals surface area contributed by atoms with E-state index < -0.39 is 0 Å². The van der Waals surface area contributed by atoms with Gasteiger partial charge in [-0.25, -0.2) is 4.39 Å². The summed E-state index contributed by atoms with van der Waals surface area (Å²) in [6.07, 6.45) is 3.11. The second kappa shape index (κ2) is 9.91. The number of nitrogens with one attached hydrogen (secondary N) is 2. The third kappa shape index (κ3) is 5.71. The molecule has 0 bridgehead atoms. The summed E-state index contributed by atoms with van der Waals surface area (Å²) in [6.45, 7) is 9.95. The minimum absolute atomic E-state index is 0. The van der Waals surface area contributed by atoms with Crippen LogP contribution >= 0.6 is 24.0 Å². The first-order chi connectivity index (χ1) is 13.3. The zero-order valence-electron chi connectivity index (χ0n) is 18.1. The Balaban J connectivity index is 0.00000300. The quantitative estimate of drug-likeness (QED) is 0.334. The molecule has 3 rings (SSSR count). The number of rotatable bonds is 7. The average molecular weight is 513 g/mol. The van der Waals surface area contributed by atoms with Gasteiger partial charge in [0.2, 0.25) is 0 Å². The third-order valence-corrected chi connectivity index (χ3v) is 5.75. The van der Waals surface area contributed by atoms with Crippen LogP contribution in [0.4, 0.5) is 4.39 Å². The van der Waals surface area contributed by atoms with E-state index in [1.165, 1.54) is 16.8 Å². The number of hydrogen-bond acceptors (Lipinski definition) is 2. The molecule has 160 valence electrons. The van der Waals surface area contributed by atoms with Crippen LogP contribution < -0.4 is 10.6 Å². The number of aromatic nitrogens is 2. The van der Waals surface area contributed by atoms with Gasteiger partial charge in [0.1, 0.15) is 5.82 Å². The van der Waals surface area contributed by atoms with Crippen LogP contribution in [0.3, 0.4) is 0 Å². The lowest BCUT2D eigenvalue weighted by Crippen LogP contribution is -2.43. The Labute approximate surface area is 190 Å². The van der Waals surface area contributed by atoms with Gasteiger partial charge in [0, 0.05) is 30.7 Å². The Bertz CT molecular complexity index is 840. The summed E-state index contributed by atoms with van der Waals surface area (Å²) in [6, 6.07) is 7.12. The predicted octanol–water partition coefficient (Wildman–Crippen LogP) is 4.01. The van der Waals surface area contributed by atoms with E-state index >= 15 is 0 Å². The van der Waals surface area contributed by atoms with Crippen molar-refractivity contribution in [3.05, 3.63) is 52.6 Å². The van der Waals surface area contributed by atoms with Gasteiger partial charge in [0.15, 0.2) is 5.96 Å². The molecule has 5 nitrogen and oxygen atoms in total. The van der Waals surface area contributed by atoms with Crippen LogP contribution in [-0.4, -0.2) is 34.9 Å². The maximum atomic E-state index is 13.2. The molecule has 1 aromatic carbocycles. The molecule has 1 unspecified atom stereocenters. The number of benzene rings is 1. The SMILES string of the molecule is CCNC(=NCC1(c2ccc(F)cc2)CC1)NC(C)Cc1c(C)nn(C)c1C.I. The van der Waals surface area contributed by atoms with E-state index in [9.17, 15) is 4.39 Å². The highest BCUT2D eigenvalue weighted by molar-refractivity contribution is 14.0. The highest BCUT2D eigenvalue weighted by atomic mass is 127. The van der Waals surface area contributed by atoms with Crippen molar-refractivity contribution >= 4 is 29.9 Å². The second-order valence-electron chi connectivity index (χ2n) is 8.00. The van der Waals surface area contributed by atoms with Crippen LogP contribution in [0.2, 0.25) is 0 Å². The van der Waals surface area contributed by atoms with Crippen molar-refractivity contribution in [3.8, 4) is 0 Å². The lowest BCUT2D eigenvalue weighted by Gasteiger charge is -2.20. The molecular weight excluding hydrogens is 480 g/mol. The van der Waals surface area contributed by atoms with Crippen LogP contribution in [0.15, 0.2) is 29.3 Å². The first-order valence-corrected chi connectivity index (χ1v) is 10.1. The summed E-state index contributed by atoms with van der Waals surface area (Å²) in [7, 11) is 1.99. The van der Waals surface area contributed by atoms with E-state index in [1.54, 1.807) is 12.1 Å². The Kier molecular flexibility index (Phi) is 8.08. The summed E-state index contributed by atoms with van der Waals surface area (Å²) in [5.74, 6) is 0.649. The lowest BCUT2D eigenvalue weighted by molar-refractivity contribution is 0.619. The summed E-state index contributed by atoms with van der Waals surface area (Å²) >= 11 is 0. The number of hydrogen-bond donors (Lipinski definition) is 2. The predicted molar refractivity (Wildman–Crippen MR) is 128 cm³/mol. The molecule has 1 aliphatic carbocycles. The number of guanidine groups is 1. The molecule has 1 fully saturated rings. The molecule has 0 aliphatic heterocycles. The van der Waals surface area contributed by atoms with Gasteiger partial charge in [-0.15, -0.1) is 24.0 Å². The van der Waals surface area contributed by atoms with Gasteiger partial charge in [-0.3, -0.25) is 9.67 Å². The molecule has 2 aromatic rings. The number of aryl methyl sites for hydroxylation is 2. The molecule has 0 saturated heterocycles. The summed E-state index contributed by atoms with van der Waals surface area (Å²) in [4.78, 5) is 4.86. The third-order valence-electron chi connectivity index (χ3n) is 5.75. The van der Waals surface area contributed by atoms with Crippen molar-refractivity contribution in [1.82, 2.24) is 20.4 Å². The van der Waals surface area contributed by atoms with Gasteiger partial charge in [0.05, 0.1) is 12.2 Å². The first-order valence-electron chi connectivity index (χ1n) is 10.1. The van der Waals surface area contributed by atoms with Crippen molar-refractivity contribution in [2.75, 3.05) is 13.1 Å². The fraction of sp³-hybridized carbons (Fsp3) is 0.545. The molecule has 0 amide bonds.